The van der Waals surface area contributed by atoms with Gasteiger partial charge in [-0.05, 0) is 55.7 Å². The molecule has 172 valence electrons. The largest absolute Gasteiger partial charge is 0.339 e. The van der Waals surface area contributed by atoms with E-state index in [1.54, 1.807) is 4.90 Å². The zero-order chi connectivity index (χ0) is 22.9. The fourth-order valence-electron chi connectivity index (χ4n) is 3.93. The topological polar surface area (TPSA) is 55.9 Å². The molecule has 3 rings (SSSR count). The highest BCUT2D eigenvalue weighted by Crippen LogP contribution is 2.13. The van der Waals surface area contributed by atoms with Crippen molar-refractivity contribution in [3.8, 4) is 0 Å². The van der Waals surface area contributed by atoms with Gasteiger partial charge in [-0.25, -0.2) is 4.79 Å². The van der Waals surface area contributed by atoms with E-state index in [-0.39, 0.29) is 11.9 Å². The average Bonchev–Trinajstić information content (AvgIpc) is 3.05. The summed E-state index contributed by atoms with van der Waals surface area (Å²) >= 11 is 5.97. The van der Waals surface area contributed by atoms with Gasteiger partial charge < -0.3 is 15.1 Å². The van der Waals surface area contributed by atoms with E-state index >= 15 is 0 Å². The van der Waals surface area contributed by atoms with Crippen molar-refractivity contribution in [2.45, 2.75) is 33.4 Å². The summed E-state index contributed by atoms with van der Waals surface area (Å²) in [6.45, 7) is 9.93. The van der Waals surface area contributed by atoms with Gasteiger partial charge >= 0.3 is 6.03 Å². The molecule has 1 heterocycles. The minimum absolute atomic E-state index is 0.0401. The molecule has 1 N–H and O–H groups in total. The molecule has 1 saturated heterocycles. The van der Waals surface area contributed by atoms with Crippen LogP contribution in [0, 0.1) is 0 Å². The number of halogens is 1. The van der Waals surface area contributed by atoms with E-state index < -0.39 is 0 Å². The van der Waals surface area contributed by atoms with E-state index in [0.29, 0.717) is 31.7 Å². The van der Waals surface area contributed by atoms with E-state index in [4.69, 9.17) is 11.6 Å². The van der Waals surface area contributed by atoms with Gasteiger partial charge in [-0.3, -0.25) is 9.69 Å². The van der Waals surface area contributed by atoms with Gasteiger partial charge in [0.25, 0.3) is 5.91 Å². The fourth-order valence-corrected chi connectivity index (χ4v) is 4.05. The zero-order valence-corrected chi connectivity index (χ0v) is 19.8. The molecule has 0 bridgehead atoms. The number of benzene rings is 2. The van der Waals surface area contributed by atoms with Crippen molar-refractivity contribution >= 4 is 23.5 Å². The SMILES string of the molecule is CCN(CC)C(=O)c1ccc(CNC(=O)N2CCCN(Cc3ccc(Cl)cc3)CC2)cc1. The molecule has 0 unspecified atom stereocenters. The maximum atomic E-state index is 12.7. The van der Waals surface area contributed by atoms with Crippen LogP contribution in [0.25, 0.3) is 0 Å². The molecule has 0 spiro atoms. The van der Waals surface area contributed by atoms with Crippen molar-refractivity contribution < 1.29 is 9.59 Å². The Morgan fingerprint density at radius 1 is 0.906 bits per heavy atom. The Kier molecular flexibility index (Phi) is 8.94. The summed E-state index contributed by atoms with van der Waals surface area (Å²) in [5, 5.41) is 3.77. The summed E-state index contributed by atoms with van der Waals surface area (Å²) in [7, 11) is 0. The third-order valence-electron chi connectivity index (χ3n) is 5.89. The van der Waals surface area contributed by atoms with E-state index in [9.17, 15) is 9.59 Å². The summed E-state index contributed by atoms with van der Waals surface area (Å²) in [6.07, 6.45) is 0.948. The monoisotopic (exact) mass is 456 g/mol. The molecule has 2 aromatic rings. The lowest BCUT2D eigenvalue weighted by Crippen LogP contribution is -2.41. The highest BCUT2D eigenvalue weighted by molar-refractivity contribution is 6.30. The van der Waals surface area contributed by atoms with Crippen LogP contribution in [0.1, 0.15) is 41.8 Å². The van der Waals surface area contributed by atoms with Crippen LogP contribution in [-0.4, -0.2) is 65.9 Å². The first-order valence-corrected chi connectivity index (χ1v) is 11.8. The Labute approximate surface area is 196 Å². The van der Waals surface area contributed by atoms with E-state index in [2.05, 4.69) is 22.3 Å². The van der Waals surface area contributed by atoms with Gasteiger partial charge in [0.05, 0.1) is 0 Å². The minimum Gasteiger partial charge on any atom is -0.339 e. The Morgan fingerprint density at radius 2 is 1.56 bits per heavy atom. The average molecular weight is 457 g/mol. The molecule has 6 nitrogen and oxygen atoms in total. The lowest BCUT2D eigenvalue weighted by Gasteiger charge is -2.22. The predicted molar refractivity (Wildman–Crippen MR) is 129 cm³/mol. The predicted octanol–water partition coefficient (Wildman–Crippen LogP) is 4.24. The Hall–Kier alpha value is -2.57. The number of rotatable bonds is 7. The van der Waals surface area contributed by atoms with Crippen molar-refractivity contribution in [2.75, 3.05) is 39.3 Å². The zero-order valence-electron chi connectivity index (χ0n) is 19.0. The van der Waals surface area contributed by atoms with Crippen molar-refractivity contribution in [3.63, 3.8) is 0 Å². The van der Waals surface area contributed by atoms with Gasteiger partial charge in [0.2, 0.25) is 0 Å². The Morgan fingerprint density at radius 3 is 2.22 bits per heavy atom. The normalized spacial score (nSPS) is 14.7. The fraction of sp³-hybridized carbons (Fsp3) is 0.440. The van der Waals surface area contributed by atoms with Crippen LogP contribution < -0.4 is 5.32 Å². The van der Waals surface area contributed by atoms with Crippen LogP contribution >= 0.6 is 11.6 Å². The summed E-state index contributed by atoms with van der Waals surface area (Å²) in [5.41, 5.74) is 2.89. The molecule has 2 aromatic carbocycles. The lowest BCUT2D eigenvalue weighted by molar-refractivity contribution is 0.0773. The van der Waals surface area contributed by atoms with E-state index in [0.717, 1.165) is 43.2 Å². The molecule has 0 aliphatic carbocycles. The molecule has 0 radical (unpaired) electrons. The van der Waals surface area contributed by atoms with Crippen LogP contribution in [0.15, 0.2) is 48.5 Å². The molecular weight excluding hydrogens is 424 g/mol. The second-order valence-electron chi connectivity index (χ2n) is 8.08. The third kappa shape index (κ3) is 6.71. The number of carbonyl (C=O) groups is 2. The van der Waals surface area contributed by atoms with Gasteiger partial charge in [-0.1, -0.05) is 35.9 Å². The number of nitrogens with zero attached hydrogens (tertiary/aromatic N) is 3. The van der Waals surface area contributed by atoms with Crippen molar-refractivity contribution in [1.29, 1.82) is 0 Å². The molecule has 32 heavy (non-hydrogen) atoms. The van der Waals surface area contributed by atoms with E-state index in [1.807, 2.05) is 55.1 Å². The van der Waals surface area contributed by atoms with Crippen LogP contribution in [-0.2, 0) is 13.1 Å². The molecule has 3 amide bonds. The molecular formula is C25H33ClN4O2. The van der Waals surface area contributed by atoms with Gasteiger partial charge in [0, 0.05) is 62.9 Å². The number of hydrogen-bond donors (Lipinski definition) is 1. The Balaban J connectivity index is 1.46. The maximum absolute atomic E-state index is 12.7. The van der Waals surface area contributed by atoms with Gasteiger partial charge in [-0.2, -0.15) is 0 Å². The van der Waals surface area contributed by atoms with E-state index in [1.165, 1.54) is 5.56 Å². The molecule has 0 saturated carbocycles. The number of hydrogen-bond acceptors (Lipinski definition) is 3. The first-order chi connectivity index (χ1) is 15.5. The standard InChI is InChI=1S/C25H33ClN4O2/c1-3-29(4-2)24(31)22-10-6-20(7-11-22)18-27-25(32)30-15-5-14-28(16-17-30)19-21-8-12-23(26)13-9-21/h6-13H,3-5,14-19H2,1-2H3,(H,27,32). The van der Waals surface area contributed by atoms with Gasteiger partial charge in [-0.15, -0.1) is 0 Å². The highest BCUT2D eigenvalue weighted by Gasteiger charge is 2.19. The number of amides is 3. The van der Waals surface area contributed by atoms with Gasteiger partial charge in [0.15, 0.2) is 0 Å². The second kappa shape index (κ2) is 11.9. The molecule has 1 aliphatic heterocycles. The second-order valence-corrected chi connectivity index (χ2v) is 8.51. The Bertz CT molecular complexity index is 882. The number of carbonyl (C=O) groups excluding carboxylic acids is 2. The highest BCUT2D eigenvalue weighted by atomic mass is 35.5. The minimum atomic E-state index is -0.0402. The van der Waals surface area contributed by atoms with Crippen LogP contribution in [0.4, 0.5) is 4.79 Å². The summed E-state index contributed by atoms with van der Waals surface area (Å²) in [4.78, 5) is 31.2. The quantitative estimate of drug-likeness (QED) is 0.678. The van der Waals surface area contributed by atoms with Crippen LogP contribution in [0.5, 0.6) is 0 Å². The molecule has 7 heteroatoms. The number of urea groups is 1. The van der Waals surface area contributed by atoms with Crippen LogP contribution in [0.3, 0.4) is 0 Å². The first-order valence-electron chi connectivity index (χ1n) is 11.4. The van der Waals surface area contributed by atoms with Gasteiger partial charge in [0.1, 0.15) is 0 Å². The summed E-state index contributed by atoms with van der Waals surface area (Å²) in [6, 6.07) is 15.4. The molecule has 1 aliphatic rings. The molecule has 0 aromatic heterocycles. The van der Waals surface area contributed by atoms with Crippen molar-refractivity contribution in [2.24, 2.45) is 0 Å². The summed E-state index contributed by atoms with van der Waals surface area (Å²) in [5.74, 6) is 0.0401. The van der Waals surface area contributed by atoms with Crippen molar-refractivity contribution in [1.82, 2.24) is 20.0 Å². The van der Waals surface area contributed by atoms with Crippen molar-refractivity contribution in [3.05, 3.63) is 70.2 Å². The first kappa shape index (κ1) is 24.1. The smallest absolute Gasteiger partial charge is 0.317 e. The molecule has 1 fully saturated rings. The maximum Gasteiger partial charge on any atom is 0.317 e. The summed E-state index contributed by atoms with van der Waals surface area (Å²) < 4.78 is 0. The van der Waals surface area contributed by atoms with Crippen LogP contribution in [0.2, 0.25) is 5.02 Å². The molecule has 0 atom stereocenters. The third-order valence-corrected chi connectivity index (χ3v) is 6.14. The number of nitrogens with one attached hydrogen (secondary N) is 1. The lowest BCUT2D eigenvalue weighted by atomic mass is 10.1.